The summed E-state index contributed by atoms with van der Waals surface area (Å²) in [6.45, 7) is 2.16. The molecule has 2 saturated heterocycles. The number of piperidine rings is 1. The quantitative estimate of drug-likeness (QED) is 0.807. The predicted octanol–water partition coefficient (Wildman–Crippen LogP) is 1.99. The zero-order chi connectivity index (χ0) is 18.7. The highest BCUT2D eigenvalue weighted by Crippen LogP contribution is 2.29. The Hall–Kier alpha value is -2.08. The van der Waals surface area contributed by atoms with E-state index in [1.54, 1.807) is 12.0 Å². The topological polar surface area (TPSA) is 53.1 Å². The number of likely N-dealkylation sites (tertiary alicyclic amines) is 1. The molecule has 0 spiro atoms. The second-order valence-electron chi connectivity index (χ2n) is 7.55. The van der Waals surface area contributed by atoms with Gasteiger partial charge in [0, 0.05) is 37.8 Å². The van der Waals surface area contributed by atoms with Crippen molar-refractivity contribution in [2.75, 3.05) is 45.7 Å². The first kappa shape index (κ1) is 18.7. The van der Waals surface area contributed by atoms with Crippen LogP contribution < -0.4 is 9.64 Å². The molecule has 0 N–H and O–H groups in total. The molecular formula is C20H29N3O3. The molecule has 6 nitrogen and oxygen atoms in total. The number of carbonyl (C=O) groups is 2. The lowest BCUT2D eigenvalue weighted by molar-refractivity contribution is -0.139. The molecule has 2 aliphatic rings. The molecule has 1 aromatic rings. The lowest BCUT2D eigenvalue weighted by Gasteiger charge is -2.38. The van der Waals surface area contributed by atoms with E-state index in [9.17, 15) is 9.59 Å². The molecule has 3 rings (SSSR count). The Morgan fingerprint density at radius 1 is 1.23 bits per heavy atom. The van der Waals surface area contributed by atoms with Crippen LogP contribution in [0.5, 0.6) is 5.75 Å². The first-order chi connectivity index (χ1) is 12.5. The smallest absolute Gasteiger partial charge is 0.228 e. The molecule has 2 aliphatic heterocycles. The first-order valence-electron chi connectivity index (χ1n) is 9.39. The fourth-order valence-electron chi connectivity index (χ4n) is 4.02. The molecule has 0 saturated carbocycles. The largest absolute Gasteiger partial charge is 0.497 e. The van der Waals surface area contributed by atoms with Gasteiger partial charge in [0.25, 0.3) is 0 Å². The molecule has 2 heterocycles. The molecule has 2 atom stereocenters. The summed E-state index contributed by atoms with van der Waals surface area (Å²) >= 11 is 0. The summed E-state index contributed by atoms with van der Waals surface area (Å²) < 4.78 is 5.17. The van der Waals surface area contributed by atoms with Gasteiger partial charge in [0.15, 0.2) is 0 Å². The molecule has 0 aromatic heterocycles. The second kappa shape index (κ2) is 8.08. The van der Waals surface area contributed by atoms with E-state index < -0.39 is 0 Å². The minimum Gasteiger partial charge on any atom is -0.497 e. The number of ether oxygens (including phenoxy) is 1. The number of nitrogens with zero attached hydrogens (tertiary/aromatic N) is 3. The highest BCUT2D eigenvalue weighted by molar-refractivity contribution is 6.00. The number of likely N-dealkylation sites (N-methyl/N-ethyl adjacent to an activating group) is 1. The van der Waals surface area contributed by atoms with Crippen molar-refractivity contribution >= 4 is 17.5 Å². The van der Waals surface area contributed by atoms with Gasteiger partial charge in [-0.15, -0.1) is 0 Å². The van der Waals surface area contributed by atoms with Gasteiger partial charge >= 0.3 is 0 Å². The Morgan fingerprint density at radius 2 is 1.96 bits per heavy atom. The summed E-state index contributed by atoms with van der Waals surface area (Å²) in [7, 11) is 5.71. The number of hydrogen-bond donors (Lipinski definition) is 0. The van der Waals surface area contributed by atoms with Gasteiger partial charge in [0.1, 0.15) is 5.75 Å². The Balaban J connectivity index is 1.69. The maximum atomic E-state index is 13.1. The van der Waals surface area contributed by atoms with E-state index in [-0.39, 0.29) is 23.8 Å². The summed E-state index contributed by atoms with van der Waals surface area (Å²) in [5.41, 5.74) is 0.828. The number of methoxy groups -OCH3 is 1. The van der Waals surface area contributed by atoms with E-state index in [1.807, 2.05) is 43.3 Å². The Labute approximate surface area is 155 Å². The zero-order valence-electron chi connectivity index (χ0n) is 16.0. The Bertz CT molecular complexity index is 644. The van der Waals surface area contributed by atoms with E-state index in [1.165, 1.54) is 6.42 Å². The van der Waals surface area contributed by atoms with Crippen molar-refractivity contribution in [2.24, 2.45) is 5.92 Å². The summed E-state index contributed by atoms with van der Waals surface area (Å²) in [5, 5.41) is 0. The van der Waals surface area contributed by atoms with E-state index in [0.29, 0.717) is 13.0 Å². The van der Waals surface area contributed by atoms with Crippen molar-refractivity contribution in [3.05, 3.63) is 24.3 Å². The van der Waals surface area contributed by atoms with Crippen LogP contribution in [0.15, 0.2) is 24.3 Å². The molecule has 1 aromatic carbocycles. The molecule has 2 fully saturated rings. The third-order valence-electron chi connectivity index (χ3n) is 5.34. The second-order valence-corrected chi connectivity index (χ2v) is 7.55. The van der Waals surface area contributed by atoms with Crippen LogP contribution in [0.4, 0.5) is 5.69 Å². The monoisotopic (exact) mass is 359 g/mol. The van der Waals surface area contributed by atoms with Gasteiger partial charge in [0.05, 0.1) is 13.0 Å². The minimum absolute atomic E-state index is 0.0229. The number of benzene rings is 1. The highest BCUT2D eigenvalue weighted by Gasteiger charge is 2.39. The number of hydrogen-bond acceptors (Lipinski definition) is 4. The number of amides is 2. The summed E-state index contributed by atoms with van der Waals surface area (Å²) in [4.78, 5) is 31.5. The van der Waals surface area contributed by atoms with Crippen LogP contribution in [0.25, 0.3) is 0 Å². The van der Waals surface area contributed by atoms with Crippen molar-refractivity contribution in [3.63, 3.8) is 0 Å². The van der Waals surface area contributed by atoms with Crippen LogP contribution in [0, 0.1) is 5.92 Å². The minimum atomic E-state index is -0.243. The van der Waals surface area contributed by atoms with Crippen molar-refractivity contribution in [3.8, 4) is 5.75 Å². The lowest BCUT2D eigenvalue weighted by Crippen LogP contribution is -2.50. The van der Waals surface area contributed by atoms with Gasteiger partial charge in [-0.25, -0.2) is 0 Å². The zero-order valence-corrected chi connectivity index (χ0v) is 16.0. The van der Waals surface area contributed by atoms with Crippen LogP contribution in [-0.2, 0) is 9.59 Å². The molecule has 142 valence electrons. The fourth-order valence-corrected chi connectivity index (χ4v) is 4.02. The van der Waals surface area contributed by atoms with Crippen LogP contribution >= 0.6 is 0 Å². The summed E-state index contributed by atoms with van der Waals surface area (Å²) in [6, 6.07) is 7.69. The average molecular weight is 359 g/mol. The SMILES string of the molecule is COc1ccc(N2C[C@H](C(=O)N3CCCC[C@@H]3CN(C)C)CC2=O)cc1. The van der Waals surface area contributed by atoms with Crippen LogP contribution in [-0.4, -0.2) is 68.5 Å². The molecule has 2 amide bonds. The summed E-state index contributed by atoms with van der Waals surface area (Å²) in [5.74, 6) is 0.677. The first-order valence-corrected chi connectivity index (χ1v) is 9.39. The van der Waals surface area contributed by atoms with Crippen molar-refractivity contribution in [2.45, 2.75) is 31.7 Å². The Kier molecular flexibility index (Phi) is 5.81. The number of anilines is 1. The van der Waals surface area contributed by atoms with Crippen LogP contribution in [0.3, 0.4) is 0 Å². The van der Waals surface area contributed by atoms with E-state index in [2.05, 4.69) is 4.90 Å². The highest BCUT2D eigenvalue weighted by atomic mass is 16.5. The van der Waals surface area contributed by atoms with Crippen LogP contribution in [0.2, 0.25) is 0 Å². The standard InChI is InChI=1S/C20H29N3O3/c1-21(2)14-17-6-4-5-11-22(17)20(25)15-12-19(24)23(13-15)16-7-9-18(26-3)10-8-16/h7-10,15,17H,4-6,11-14H2,1-3H3/t15-,17-/m1/s1. The number of rotatable bonds is 5. The maximum Gasteiger partial charge on any atom is 0.228 e. The van der Waals surface area contributed by atoms with Gasteiger partial charge in [-0.2, -0.15) is 0 Å². The van der Waals surface area contributed by atoms with Gasteiger partial charge in [-0.3, -0.25) is 9.59 Å². The van der Waals surface area contributed by atoms with E-state index in [0.717, 1.165) is 37.4 Å². The van der Waals surface area contributed by atoms with Crippen molar-refractivity contribution in [1.82, 2.24) is 9.80 Å². The van der Waals surface area contributed by atoms with E-state index >= 15 is 0 Å². The molecule has 0 aliphatic carbocycles. The third kappa shape index (κ3) is 4.01. The fraction of sp³-hybridized carbons (Fsp3) is 0.600. The van der Waals surface area contributed by atoms with Crippen molar-refractivity contribution < 1.29 is 14.3 Å². The van der Waals surface area contributed by atoms with E-state index in [4.69, 9.17) is 4.74 Å². The van der Waals surface area contributed by atoms with Gasteiger partial charge in [-0.1, -0.05) is 0 Å². The Morgan fingerprint density at radius 3 is 2.62 bits per heavy atom. The molecule has 6 heteroatoms. The third-order valence-corrected chi connectivity index (χ3v) is 5.34. The molecule has 26 heavy (non-hydrogen) atoms. The summed E-state index contributed by atoms with van der Waals surface area (Å²) in [6.07, 6.45) is 3.57. The maximum absolute atomic E-state index is 13.1. The van der Waals surface area contributed by atoms with Gasteiger partial charge in [-0.05, 0) is 57.6 Å². The van der Waals surface area contributed by atoms with Crippen molar-refractivity contribution in [1.29, 1.82) is 0 Å². The lowest BCUT2D eigenvalue weighted by atomic mass is 9.98. The van der Waals surface area contributed by atoms with Gasteiger partial charge in [0.2, 0.25) is 11.8 Å². The average Bonchev–Trinajstić information content (AvgIpc) is 3.03. The predicted molar refractivity (Wildman–Crippen MR) is 101 cm³/mol. The normalized spacial score (nSPS) is 23.6. The van der Waals surface area contributed by atoms with Crippen LogP contribution in [0.1, 0.15) is 25.7 Å². The molecule has 0 bridgehead atoms. The van der Waals surface area contributed by atoms with Gasteiger partial charge < -0.3 is 19.4 Å². The molecule has 0 radical (unpaired) electrons. The molecule has 0 unspecified atom stereocenters. The molecular weight excluding hydrogens is 330 g/mol. The number of carbonyl (C=O) groups excluding carboxylic acids is 2.